The molecule has 1 aromatic rings. The molecule has 0 saturated carbocycles. The number of likely N-dealkylation sites (N-methyl/N-ethyl adjacent to an activating group) is 1. The van der Waals surface area contributed by atoms with Gasteiger partial charge in [0.15, 0.2) is 5.78 Å². The summed E-state index contributed by atoms with van der Waals surface area (Å²) in [5, 5.41) is 0. The van der Waals surface area contributed by atoms with E-state index in [0.29, 0.717) is 5.56 Å². The standard InChI is InChI=1S/C16H23BrFNO/c1-5-16(4,19(6-2)7-3)15(20)11-12-10-13(18)8-9-14(12)17/h8-10H,5-7,11H2,1-4H3. The Morgan fingerprint density at radius 2 is 1.90 bits per heavy atom. The highest BCUT2D eigenvalue weighted by molar-refractivity contribution is 9.10. The lowest BCUT2D eigenvalue weighted by Gasteiger charge is -2.38. The highest BCUT2D eigenvalue weighted by atomic mass is 79.9. The molecule has 0 radical (unpaired) electrons. The first-order chi connectivity index (χ1) is 9.38. The van der Waals surface area contributed by atoms with Gasteiger partial charge in [0.1, 0.15) is 5.82 Å². The van der Waals surface area contributed by atoms with Gasteiger partial charge in [0.05, 0.1) is 5.54 Å². The number of nitrogens with zero attached hydrogens (tertiary/aromatic N) is 1. The summed E-state index contributed by atoms with van der Waals surface area (Å²) in [5.41, 5.74) is 0.219. The van der Waals surface area contributed by atoms with Gasteiger partial charge in [0, 0.05) is 10.9 Å². The van der Waals surface area contributed by atoms with Gasteiger partial charge in [-0.15, -0.1) is 0 Å². The molecule has 0 aliphatic carbocycles. The SMILES string of the molecule is CCN(CC)C(C)(CC)C(=O)Cc1cc(F)ccc1Br. The van der Waals surface area contributed by atoms with Gasteiger partial charge in [-0.1, -0.05) is 36.7 Å². The van der Waals surface area contributed by atoms with Crippen molar-refractivity contribution in [3.8, 4) is 0 Å². The Morgan fingerprint density at radius 3 is 2.40 bits per heavy atom. The lowest BCUT2D eigenvalue weighted by Crippen LogP contribution is -2.52. The number of hydrogen-bond acceptors (Lipinski definition) is 2. The van der Waals surface area contributed by atoms with Crippen molar-refractivity contribution in [3.05, 3.63) is 34.1 Å². The van der Waals surface area contributed by atoms with Crippen LogP contribution in [0.3, 0.4) is 0 Å². The Morgan fingerprint density at radius 1 is 1.30 bits per heavy atom. The Kier molecular flexibility index (Phi) is 6.34. The summed E-state index contributed by atoms with van der Waals surface area (Å²) < 4.78 is 14.1. The molecule has 4 heteroatoms. The maximum Gasteiger partial charge on any atom is 0.157 e. The van der Waals surface area contributed by atoms with Crippen LogP contribution in [-0.2, 0) is 11.2 Å². The molecule has 0 amide bonds. The molecule has 2 nitrogen and oxygen atoms in total. The zero-order valence-electron chi connectivity index (χ0n) is 12.7. The number of halogens is 2. The summed E-state index contributed by atoms with van der Waals surface area (Å²) in [5.74, 6) is -0.174. The Hall–Kier alpha value is -0.740. The topological polar surface area (TPSA) is 20.3 Å². The van der Waals surface area contributed by atoms with Crippen molar-refractivity contribution in [2.45, 2.75) is 46.1 Å². The molecular formula is C16H23BrFNO. The van der Waals surface area contributed by atoms with Gasteiger partial charge in [-0.2, -0.15) is 0 Å². The predicted octanol–water partition coefficient (Wildman–Crippen LogP) is 4.21. The third-order valence-electron chi connectivity index (χ3n) is 4.11. The number of carbonyl (C=O) groups excluding carboxylic acids is 1. The molecule has 112 valence electrons. The first kappa shape index (κ1) is 17.3. The van der Waals surface area contributed by atoms with E-state index in [1.165, 1.54) is 12.1 Å². The minimum atomic E-state index is -0.491. The van der Waals surface area contributed by atoms with Crippen LogP contribution in [0.1, 0.15) is 39.7 Å². The van der Waals surface area contributed by atoms with E-state index in [-0.39, 0.29) is 18.0 Å². The number of hydrogen-bond donors (Lipinski definition) is 0. The quantitative estimate of drug-likeness (QED) is 0.739. The van der Waals surface area contributed by atoms with Gasteiger partial charge in [0.25, 0.3) is 0 Å². The van der Waals surface area contributed by atoms with Gasteiger partial charge in [-0.05, 0) is 50.2 Å². The smallest absolute Gasteiger partial charge is 0.157 e. The lowest BCUT2D eigenvalue weighted by molar-refractivity contribution is -0.129. The van der Waals surface area contributed by atoms with Crippen molar-refractivity contribution in [2.24, 2.45) is 0 Å². The van der Waals surface area contributed by atoms with E-state index in [1.807, 2.05) is 13.8 Å². The second-order valence-electron chi connectivity index (χ2n) is 5.14. The van der Waals surface area contributed by atoms with E-state index in [9.17, 15) is 9.18 Å². The van der Waals surface area contributed by atoms with Crippen LogP contribution < -0.4 is 0 Å². The van der Waals surface area contributed by atoms with E-state index < -0.39 is 5.54 Å². The van der Waals surface area contributed by atoms with Gasteiger partial charge in [-0.25, -0.2) is 4.39 Å². The fraction of sp³-hybridized carbons (Fsp3) is 0.562. The summed E-state index contributed by atoms with van der Waals surface area (Å²) >= 11 is 3.39. The first-order valence-corrected chi connectivity index (χ1v) is 7.90. The van der Waals surface area contributed by atoms with Crippen LogP contribution in [0, 0.1) is 5.82 Å². The Labute approximate surface area is 129 Å². The minimum absolute atomic E-state index is 0.134. The highest BCUT2D eigenvalue weighted by Gasteiger charge is 2.35. The molecule has 1 unspecified atom stereocenters. The molecule has 0 spiro atoms. The number of ketones is 1. The number of carbonyl (C=O) groups is 1. The largest absolute Gasteiger partial charge is 0.297 e. The summed E-state index contributed by atoms with van der Waals surface area (Å²) in [6, 6.07) is 4.47. The summed E-state index contributed by atoms with van der Waals surface area (Å²) in [4.78, 5) is 14.9. The van der Waals surface area contributed by atoms with Crippen LogP contribution in [0.5, 0.6) is 0 Å². The van der Waals surface area contributed by atoms with E-state index in [4.69, 9.17) is 0 Å². The predicted molar refractivity (Wildman–Crippen MR) is 84.4 cm³/mol. The number of rotatable bonds is 7. The van der Waals surface area contributed by atoms with E-state index in [1.54, 1.807) is 6.07 Å². The molecule has 0 bridgehead atoms. The van der Waals surface area contributed by atoms with Crippen LogP contribution in [0.4, 0.5) is 4.39 Å². The number of Topliss-reactive ketones (excluding diaryl/α,β-unsaturated/α-hetero) is 1. The van der Waals surface area contributed by atoms with Gasteiger partial charge >= 0.3 is 0 Å². The monoisotopic (exact) mass is 343 g/mol. The van der Waals surface area contributed by atoms with Crippen molar-refractivity contribution in [3.63, 3.8) is 0 Å². The third kappa shape index (κ3) is 3.67. The number of benzene rings is 1. The Balaban J connectivity index is 3.00. The zero-order valence-corrected chi connectivity index (χ0v) is 14.3. The summed E-state index contributed by atoms with van der Waals surface area (Å²) in [6.07, 6.45) is 1.000. The van der Waals surface area contributed by atoms with E-state index in [2.05, 4.69) is 34.7 Å². The maximum atomic E-state index is 13.3. The van der Waals surface area contributed by atoms with Crippen LogP contribution in [0.15, 0.2) is 22.7 Å². The molecule has 0 fully saturated rings. The second-order valence-corrected chi connectivity index (χ2v) is 5.99. The van der Waals surface area contributed by atoms with E-state index in [0.717, 1.165) is 24.0 Å². The molecule has 1 rings (SSSR count). The molecule has 0 heterocycles. The second kappa shape index (κ2) is 7.32. The summed E-state index contributed by atoms with van der Waals surface area (Å²) in [6.45, 7) is 9.78. The molecule has 0 N–H and O–H groups in total. The molecule has 20 heavy (non-hydrogen) atoms. The summed E-state index contributed by atoms with van der Waals surface area (Å²) in [7, 11) is 0. The van der Waals surface area contributed by atoms with Crippen molar-refractivity contribution >= 4 is 21.7 Å². The zero-order chi connectivity index (χ0) is 15.3. The Bertz CT molecular complexity index is 474. The fourth-order valence-corrected chi connectivity index (χ4v) is 2.95. The molecule has 0 aliphatic rings. The van der Waals surface area contributed by atoms with Crippen LogP contribution in [0.25, 0.3) is 0 Å². The minimum Gasteiger partial charge on any atom is -0.297 e. The van der Waals surface area contributed by atoms with Crippen molar-refractivity contribution in [2.75, 3.05) is 13.1 Å². The third-order valence-corrected chi connectivity index (χ3v) is 4.88. The van der Waals surface area contributed by atoms with Crippen LogP contribution in [0.2, 0.25) is 0 Å². The first-order valence-electron chi connectivity index (χ1n) is 7.11. The molecular weight excluding hydrogens is 321 g/mol. The molecule has 1 aromatic carbocycles. The van der Waals surface area contributed by atoms with Gasteiger partial charge in [-0.3, -0.25) is 9.69 Å². The van der Waals surface area contributed by atoms with E-state index >= 15 is 0 Å². The molecule has 0 aromatic heterocycles. The van der Waals surface area contributed by atoms with Crippen LogP contribution in [-0.4, -0.2) is 29.3 Å². The van der Waals surface area contributed by atoms with Gasteiger partial charge < -0.3 is 0 Å². The molecule has 0 saturated heterocycles. The average molecular weight is 344 g/mol. The molecule has 1 atom stereocenters. The highest BCUT2D eigenvalue weighted by Crippen LogP contribution is 2.25. The van der Waals surface area contributed by atoms with Crippen LogP contribution >= 0.6 is 15.9 Å². The van der Waals surface area contributed by atoms with Crippen molar-refractivity contribution in [1.82, 2.24) is 4.90 Å². The van der Waals surface area contributed by atoms with Gasteiger partial charge in [0.2, 0.25) is 0 Å². The lowest BCUT2D eigenvalue weighted by atomic mass is 9.87. The molecule has 0 aliphatic heterocycles. The van der Waals surface area contributed by atoms with Crippen molar-refractivity contribution < 1.29 is 9.18 Å². The van der Waals surface area contributed by atoms with Crippen molar-refractivity contribution in [1.29, 1.82) is 0 Å². The maximum absolute atomic E-state index is 13.3. The fourth-order valence-electron chi connectivity index (χ4n) is 2.56. The normalized spacial score (nSPS) is 14.3. The average Bonchev–Trinajstić information content (AvgIpc) is 2.43.